The van der Waals surface area contributed by atoms with E-state index in [0.29, 0.717) is 12.2 Å². The molecule has 1 atom stereocenters. The lowest BCUT2D eigenvalue weighted by Gasteiger charge is -2.07. The molecule has 0 bridgehead atoms. The second-order valence-electron chi connectivity index (χ2n) is 3.70. The van der Waals surface area contributed by atoms with Crippen LogP contribution in [0, 0.1) is 0 Å². The zero-order valence-corrected chi connectivity index (χ0v) is 10.3. The molecule has 2 N–H and O–H groups in total. The van der Waals surface area contributed by atoms with Crippen LogP contribution in [0.5, 0.6) is 0 Å². The molecule has 1 aromatic heterocycles. The third kappa shape index (κ3) is 2.90. The van der Waals surface area contributed by atoms with Gasteiger partial charge in [0, 0.05) is 17.8 Å². The Balaban J connectivity index is 0.00000128. The molecule has 1 aromatic rings. The van der Waals surface area contributed by atoms with E-state index in [0.717, 1.165) is 5.69 Å². The Morgan fingerprint density at radius 3 is 2.81 bits per heavy atom. The Morgan fingerprint density at radius 1 is 1.50 bits per heavy atom. The lowest BCUT2D eigenvalue weighted by molar-refractivity contribution is 0.601. The number of sulfone groups is 1. The summed E-state index contributed by atoms with van der Waals surface area (Å²) in [5, 5.41) is 0. The minimum Gasteiger partial charge on any atom is -0.324 e. The normalized spacial score (nSPS) is 22.7. The Bertz CT molecular complexity index is 464. The highest BCUT2D eigenvalue weighted by atomic mass is 35.5. The SMILES string of the molecule is Cl.NCc1nccc(C2CCS(=O)(=O)C2)n1. The standard InChI is InChI=1S/C9H13N3O2S.ClH/c10-5-9-11-3-1-8(12-9)7-2-4-15(13,14)6-7;/h1,3,7H,2,4-6,10H2;1H. The molecule has 0 spiro atoms. The molecule has 5 nitrogen and oxygen atoms in total. The topological polar surface area (TPSA) is 85.9 Å². The summed E-state index contributed by atoms with van der Waals surface area (Å²) in [4.78, 5) is 8.22. The molecule has 0 aromatic carbocycles. The first kappa shape index (κ1) is 13.3. The van der Waals surface area contributed by atoms with E-state index in [1.807, 2.05) is 0 Å². The molecule has 2 rings (SSSR count). The number of nitrogens with zero attached hydrogens (tertiary/aromatic N) is 2. The molecule has 1 aliphatic heterocycles. The molecule has 0 radical (unpaired) electrons. The molecule has 1 unspecified atom stereocenters. The smallest absolute Gasteiger partial charge is 0.151 e. The predicted molar refractivity (Wildman–Crippen MR) is 63.2 cm³/mol. The summed E-state index contributed by atoms with van der Waals surface area (Å²) in [7, 11) is -2.85. The molecule has 16 heavy (non-hydrogen) atoms. The maximum absolute atomic E-state index is 11.3. The number of hydrogen-bond donors (Lipinski definition) is 1. The van der Waals surface area contributed by atoms with Gasteiger partial charge in [-0.15, -0.1) is 12.4 Å². The molecule has 7 heteroatoms. The zero-order valence-electron chi connectivity index (χ0n) is 8.67. The predicted octanol–water partition coefficient (Wildman–Crippen LogP) is 0.259. The van der Waals surface area contributed by atoms with E-state index in [-0.39, 0.29) is 36.4 Å². The van der Waals surface area contributed by atoms with Crippen molar-refractivity contribution in [3.8, 4) is 0 Å². The third-order valence-corrected chi connectivity index (χ3v) is 4.33. The summed E-state index contributed by atoms with van der Waals surface area (Å²) in [5.41, 5.74) is 6.23. The van der Waals surface area contributed by atoms with Crippen LogP contribution in [0.2, 0.25) is 0 Å². The van der Waals surface area contributed by atoms with Gasteiger partial charge in [-0.3, -0.25) is 0 Å². The van der Waals surface area contributed by atoms with Crippen LogP contribution in [0.15, 0.2) is 12.3 Å². The van der Waals surface area contributed by atoms with Crippen LogP contribution in [0.25, 0.3) is 0 Å². The van der Waals surface area contributed by atoms with Gasteiger partial charge < -0.3 is 5.73 Å². The largest absolute Gasteiger partial charge is 0.324 e. The maximum Gasteiger partial charge on any atom is 0.151 e. The van der Waals surface area contributed by atoms with E-state index < -0.39 is 9.84 Å². The van der Waals surface area contributed by atoms with Crippen molar-refractivity contribution in [1.29, 1.82) is 0 Å². The highest BCUT2D eigenvalue weighted by Gasteiger charge is 2.29. The number of aromatic nitrogens is 2. The molecular formula is C9H14ClN3O2S. The van der Waals surface area contributed by atoms with Crippen molar-refractivity contribution in [3.63, 3.8) is 0 Å². The minimum atomic E-state index is -2.85. The van der Waals surface area contributed by atoms with E-state index in [1.54, 1.807) is 12.3 Å². The van der Waals surface area contributed by atoms with Gasteiger partial charge in [-0.25, -0.2) is 18.4 Å². The maximum atomic E-state index is 11.3. The van der Waals surface area contributed by atoms with Gasteiger partial charge in [-0.1, -0.05) is 0 Å². The van der Waals surface area contributed by atoms with Crippen molar-refractivity contribution in [2.45, 2.75) is 18.9 Å². The summed E-state index contributed by atoms with van der Waals surface area (Å²) >= 11 is 0. The van der Waals surface area contributed by atoms with Crippen molar-refractivity contribution >= 4 is 22.2 Å². The van der Waals surface area contributed by atoms with Gasteiger partial charge in [-0.05, 0) is 12.5 Å². The summed E-state index contributed by atoms with van der Waals surface area (Å²) in [6.07, 6.45) is 2.29. The van der Waals surface area contributed by atoms with Crippen LogP contribution < -0.4 is 5.73 Å². The molecular weight excluding hydrogens is 250 g/mol. The van der Waals surface area contributed by atoms with E-state index in [4.69, 9.17) is 5.73 Å². The lowest BCUT2D eigenvalue weighted by atomic mass is 10.1. The summed E-state index contributed by atoms with van der Waals surface area (Å²) in [6, 6.07) is 1.77. The molecule has 1 aliphatic rings. The van der Waals surface area contributed by atoms with E-state index in [1.165, 1.54) is 0 Å². The summed E-state index contributed by atoms with van der Waals surface area (Å²) in [5.74, 6) is 1.05. The number of halogens is 1. The van der Waals surface area contributed by atoms with Gasteiger partial charge in [0.15, 0.2) is 9.84 Å². The first-order valence-corrected chi connectivity index (χ1v) is 6.65. The molecule has 0 aliphatic carbocycles. The average Bonchev–Trinajstić information content (AvgIpc) is 2.59. The number of rotatable bonds is 2. The fourth-order valence-corrected chi connectivity index (χ4v) is 3.53. The van der Waals surface area contributed by atoms with Gasteiger partial charge in [0.05, 0.1) is 18.1 Å². The van der Waals surface area contributed by atoms with E-state index in [2.05, 4.69) is 9.97 Å². The van der Waals surface area contributed by atoms with Crippen molar-refractivity contribution in [1.82, 2.24) is 9.97 Å². The van der Waals surface area contributed by atoms with Crippen LogP contribution in [-0.4, -0.2) is 29.9 Å². The molecule has 1 saturated heterocycles. The first-order valence-electron chi connectivity index (χ1n) is 4.83. The lowest BCUT2D eigenvalue weighted by Crippen LogP contribution is -2.09. The molecule has 1 fully saturated rings. The Hall–Kier alpha value is -0.720. The number of hydrogen-bond acceptors (Lipinski definition) is 5. The zero-order chi connectivity index (χ0) is 10.9. The van der Waals surface area contributed by atoms with E-state index >= 15 is 0 Å². The van der Waals surface area contributed by atoms with Gasteiger partial charge in [0.25, 0.3) is 0 Å². The van der Waals surface area contributed by atoms with Crippen LogP contribution in [0.1, 0.15) is 23.9 Å². The van der Waals surface area contributed by atoms with Gasteiger partial charge in [0.1, 0.15) is 5.82 Å². The van der Waals surface area contributed by atoms with Crippen molar-refractivity contribution in [3.05, 3.63) is 23.8 Å². The molecule has 2 heterocycles. The summed E-state index contributed by atoms with van der Waals surface area (Å²) < 4.78 is 22.6. The quantitative estimate of drug-likeness (QED) is 0.827. The molecule has 90 valence electrons. The Morgan fingerprint density at radius 2 is 2.25 bits per heavy atom. The van der Waals surface area contributed by atoms with E-state index in [9.17, 15) is 8.42 Å². The Labute approximate surface area is 101 Å². The number of nitrogens with two attached hydrogens (primary N) is 1. The highest BCUT2D eigenvalue weighted by molar-refractivity contribution is 7.91. The highest BCUT2D eigenvalue weighted by Crippen LogP contribution is 2.27. The first-order chi connectivity index (χ1) is 7.11. The third-order valence-electron chi connectivity index (χ3n) is 2.56. The Kier molecular flexibility index (Phi) is 4.23. The van der Waals surface area contributed by atoms with Gasteiger partial charge in [-0.2, -0.15) is 0 Å². The second kappa shape index (κ2) is 5.07. The van der Waals surface area contributed by atoms with Crippen LogP contribution in [-0.2, 0) is 16.4 Å². The molecule has 0 amide bonds. The monoisotopic (exact) mass is 263 g/mol. The fourth-order valence-electron chi connectivity index (χ4n) is 1.77. The van der Waals surface area contributed by atoms with Crippen molar-refractivity contribution < 1.29 is 8.42 Å². The van der Waals surface area contributed by atoms with Gasteiger partial charge in [0.2, 0.25) is 0 Å². The molecule has 0 saturated carbocycles. The second-order valence-corrected chi connectivity index (χ2v) is 5.93. The van der Waals surface area contributed by atoms with Crippen molar-refractivity contribution in [2.24, 2.45) is 5.73 Å². The van der Waals surface area contributed by atoms with Crippen LogP contribution in [0.3, 0.4) is 0 Å². The van der Waals surface area contributed by atoms with Crippen LogP contribution >= 0.6 is 12.4 Å². The summed E-state index contributed by atoms with van der Waals surface area (Å²) in [6.45, 7) is 0.285. The van der Waals surface area contributed by atoms with Crippen LogP contribution in [0.4, 0.5) is 0 Å². The van der Waals surface area contributed by atoms with Gasteiger partial charge >= 0.3 is 0 Å². The average molecular weight is 264 g/mol. The minimum absolute atomic E-state index is 0. The van der Waals surface area contributed by atoms with Crippen molar-refractivity contribution in [2.75, 3.05) is 11.5 Å². The fraction of sp³-hybridized carbons (Fsp3) is 0.556.